The number of nitrogens with two attached hydrogens (primary N) is 1. The first-order chi connectivity index (χ1) is 8.15. The van der Waals surface area contributed by atoms with Crippen LogP contribution in [0.1, 0.15) is 5.56 Å². The third kappa shape index (κ3) is 3.51. The summed E-state index contributed by atoms with van der Waals surface area (Å²) in [5, 5.41) is 4.15. The number of rotatable bonds is 4. The van der Waals surface area contributed by atoms with E-state index < -0.39 is 0 Å². The van der Waals surface area contributed by atoms with Crippen molar-refractivity contribution >= 4 is 33.4 Å². The molecular formula is C12H14BrN3S. The molecule has 0 aliphatic rings. The largest absolute Gasteiger partial charge is 0.398 e. The van der Waals surface area contributed by atoms with Crippen LogP contribution in [0.5, 0.6) is 0 Å². The number of nitrogens with zero attached hydrogens (tertiary/aromatic N) is 2. The van der Waals surface area contributed by atoms with E-state index in [-0.39, 0.29) is 0 Å². The summed E-state index contributed by atoms with van der Waals surface area (Å²) in [6, 6.07) is 6.00. The highest BCUT2D eigenvalue weighted by molar-refractivity contribution is 9.10. The lowest BCUT2D eigenvalue weighted by Crippen LogP contribution is -1.91. The minimum atomic E-state index is 0.829. The van der Waals surface area contributed by atoms with Crippen LogP contribution >= 0.6 is 27.7 Å². The maximum absolute atomic E-state index is 5.94. The second-order valence-corrected chi connectivity index (χ2v) is 5.86. The van der Waals surface area contributed by atoms with Crippen LogP contribution < -0.4 is 5.73 Å². The monoisotopic (exact) mass is 311 g/mol. The highest BCUT2D eigenvalue weighted by atomic mass is 79.9. The van der Waals surface area contributed by atoms with Crippen molar-refractivity contribution in [2.75, 3.05) is 11.5 Å². The minimum absolute atomic E-state index is 0.829. The molecule has 0 aliphatic heterocycles. The molecule has 2 aromatic rings. The molecule has 2 N–H and O–H groups in total. The number of nitrogen functional groups attached to an aromatic ring is 1. The summed E-state index contributed by atoms with van der Waals surface area (Å²) in [5.41, 5.74) is 8.03. The first-order valence-electron chi connectivity index (χ1n) is 5.30. The van der Waals surface area contributed by atoms with Crippen LogP contribution in [0, 0.1) is 0 Å². The Kier molecular flexibility index (Phi) is 4.12. The molecule has 0 amide bonds. The van der Waals surface area contributed by atoms with Crippen LogP contribution in [0.4, 0.5) is 5.69 Å². The Balaban J connectivity index is 1.90. The zero-order valence-corrected chi connectivity index (χ0v) is 12.0. The number of aromatic nitrogens is 2. The van der Waals surface area contributed by atoms with E-state index in [1.54, 1.807) is 11.8 Å². The average Bonchev–Trinajstić information content (AvgIpc) is 2.68. The summed E-state index contributed by atoms with van der Waals surface area (Å²) in [6.07, 6.45) is 4.96. The molecule has 1 aromatic heterocycles. The van der Waals surface area contributed by atoms with Crippen molar-refractivity contribution in [1.82, 2.24) is 9.78 Å². The molecule has 0 unspecified atom stereocenters. The van der Waals surface area contributed by atoms with Crippen molar-refractivity contribution in [1.29, 1.82) is 0 Å². The summed E-state index contributed by atoms with van der Waals surface area (Å²) in [7, 11) is 1.93. The maximum Gasteiger partial charge on any atom is 0.0521 e. The van der Waals surface area contributed by atoms with Crippen molar-refractivity contribution in [3.05, 3.63) is 40.6 Å². The van der Waals surface area contributed by atoms with Gasteiger partial charge in [-0.05, 0) is 30.2 Å². The Morgan fingerprint density at radius 1 is 1.47 bits per heavy atom. The zero-order valence-electron chi connectivity index (χ0n) is 9.56. The number of hydrogen-bond donors (Lipinski definition) is 1. The molecule has 0 aliphatic carbocycles. The fourth-order valence-electron chi connectivity index (χ4n) is 1.53. The highest BCUT2D eigenvalue weighted by Gasteiger charge is 2.02. The zero-order chi connectivity index (χ0) is 12.3. The first kappa shape index (κ1) is 12.5. The molecule has 1 heterocycles. The third-order valence-electron chi connectivity index (χ3n) is 2.38. The van der Waals surface area contributed by atoms with Crippen molar-refractivity contribution < 1.29 is 0 Å². The van der Waals surface area contributed by atoms with Gasteiger partial charge in [-0.1, -0.05) is 15.9 Å². The number of hydrogen-bond acceptors (Lipinski definition) is 3. The number of halogens is 1. The van der Waals surface area contributed by atoms with E-state index in [9.17, 15) is 0 Å². The van der Waals surface area contributed by atoms with Crippen LogP contribution in [-0.2, 0) is 13.5 Å². The second-order valence-electron chi connectivity index (χ2n) is 3.80. The van der Waals surface area contributed by atoms with E-state index in [4.69, 9.17) is 5.73 Å². The summed E-state index contributed by atoms with van der Waals surface area (Å²) in [5.74, 6) is 1.01. The molecule has 0 bridgehead atoms. The summed E-state index contributed by atoms with van der Waals surface area (Å²) >= 11 is 5.18. The standard InChI is InChI=1S/C12H14BrN3S/c1-16-8-9(7-15-16)4-5-17-12-3-2-10(13)6-11(12)14/h2-3,6-8H,4-5,14H2,1H3. The van der Waals surface area contributed by atoms with Crippen molar-refractivity contribution in [3.63, 3.8) is 0 Å². The minimum Gasteiger partial charge on any atom is -0.398 e. The Labute approximate surface area is 114 Å². The van der Waals surface area contributed by atoms with Crippen molar-refractivity contribution in [2.45, 2.75) is 11.3 Å². The van der Waals surface area contributed by atoms with E-state index in [1.807, 2.05) is 42.3 Å². The molecule has 0 fully saturated rings. The predicted molar refractivity (Wildman–Crippen MR) is 76.2 cm³/mol. The normalized spacial score (nSPS) is 10.7. The Morgan fingerprint density at radius 3 is 2.94 bits per heavy atom. The molecule has 2 rings (SSSR count). The SMILES string of the molecule is Cn1cc(CCSc2ccc(Br)cc2N)cn1. The molecule has 0 radical (unpaired) electrons. The molecular weight excluding hydrogens is 298 g/mol. The lowest BCUT2D eigenvalue weighted by molar-refractivity contribution is 0.767. The number of anilines is 1. The summed E-state index contributed by atoms with van der Waals surface area (Å²) in [6.45, 7) is 0. The van der Waals surface area contributed by atoms with Gasteiger partial charge in [-0.3, -0.25) is 4.68 Å². The van der Waals surface area contributed by atoms with Crippen LogP contribution in [0.15, 0.2) is 40.0 Å². The van der Waals surface area contributed by atoms with Gasteiger partial charge < -0.3 is 5.73 Å². The second kappa shape index (κ2) is 5.60. The molecule has 0 atom stereocenters. The number of benzene rings is 1. The molecule has 5 heteroatoms. The maximum atomic E-state index is 5.94. The molecule has 0 spiro atoms. The Hall–Kier alpha value is -0.940. The molecule has 90 valence electrons. The van der Waals surface area contributed by atoms with Crippen LogP contribution in [0.3, 0.4) is 0 Å². The van der Waals surface area contributed by atoms with Crippen LogP contribution in [0.2, 0.25) is 0 Å². The molecule has 1 aromatic carbocycles. The quantitative estimate of drug-likeness (QED) is 0.697. The van der Waals surface area contributed by atoms with E-state index in [0.29, 0.717) is 0 Å². The number of thioether (sulfide) groups is 1. The number of aryl methyl sites for hydroxylation is 2. The van der Waals surface area contributed by atoms with Gasteiger partial charge in [-0.15, -0.1) is 11.8 Å². The van der Waals surface area contributed by atoms with Gasteiger partial charge >= 0.3 is 0 Å². The molecule has 3 nitrogen and oxygen atoms in total. The van der Waals surface area contributed by atoms with Crippen LogP contribution in [-0.4, -0.2) is 15.5 Å². The van der Waals surface area contributed by atoms with Gasteiger partial charge in [0, 0.05) is 34.1 Å². The highest BCUT2D eigenvalue weighted by Crippen LogP contribution is 2.28. The fourth-order valence-corrected chi connectivity index (χ4v) is 2.86. The van der Waals surface area contributed by atoms with E-state index in [1.165, 1.54) is 5.56 Å². The molecule has 0 saturated carbocycles. The van der Waals surface area contributed by atoms with Gasteiger partial charge in [0.1, 0.15) is 0 Å². The lowest BCUT2D eigenvalue weighted by atomic mass is 10.3. The van der Waals surface area contributed by atoms with Crippen LogP contribution in [0.25, 0.3) is 0 Å². The van der Waals surface area contributed by atoms with E-state index in [2.05, 4.69) is 21.0 Å². The Bertz CT molecular complexity index is 510. The predicted octanol–water partition coefficient (Wildman–Crippen LogP) is 3.10. The topological polar surface area (TPSA) is 43.8 Å². The molecule has 0 saturated heterocycles. The molecule has 17 heavy (non-hydrogen) atoms. The van der Waals surface area contributed by atoms with Gasteiger partial charge in [0.05, 0.1) is 6.20 Å². The van der Waals surface area contributed by atoms with Crippen molar-refractivity contribution in [2.24, 2.45) is 7.05 Å². The smallest absolute Gasteiger partial charge is 0.0521 e. The van der Waals surface area contributed by atoms with Crippen molar-refractivity contribution in [3.8, 4) is 0 Å². The Morgan fingerprint density at radius 2 is 2.29 bits per heavy atom. The lowest BCUT2D eigenvalue weighted by Gasteiger charge is -2.05. The van der Waals surface area contributed by atoms with E-state index in [0.717, 1.165) is 27.2 Å². The van der Waals surface area contributed by atoms with Gasteiger partial charge in [-0.25, -0.2) is 0 Å². The summed E-state index contributed by atoms with van der Waals surface area (Å²) in [4.78, 5) is 1.14. The van der Waals surface area contributed by atoms with Gasteiger partial charge in [0.15, 0.2) is 0 Å². The van der Waals surface area contributed by atoms with Gasteiger partial charge in [0.25, 0.3) is 0 Å². The van der Waals surface area contributed by atoms with E-state index >= 15 is 0 Å². The summed E-state index contributed by atoms with van der Waals surface area (Å²) < 4.78 is 2.85. The first-order valence-corrected chi connectivity index (χ1v) is 7.08. The van der Waals surface area contributed by atoms with Gasteiger partial charge in [0.2, 0.25) is 0 Å². The average molecular weight is 312 g/mol. The third-order valence-corrected chi connectivity index (χ3v) is 3.96. The van der Waals surface area contributed by atoms with Gasteiger partial charge in [-0.2, -0.15) is 5.10 Å². The fraction of sp³-hybridized carbons (Fsp3) is 0.250.